The zero-order valence-electron chi connectivity index (χ0n) is 20.3. The van der Waals surface area contributed by atoms with Crippen molar-refractivity contribution in [1.29, 1.82) is 0 Å². The Morgan fingerprint density at radius 2 is 1.94 bits per heavy atom. The Kier molecular flexibility index (Phi) is 9.43. The number of carbonyl (C=O) groups excluding carboxylic acids is 2. The molecule has 0 saturated heterocycles. The Balaban J connectivity index is 1.73. The first-order valence-electron chi connectivity index (χ1n) is 11.3. The van der Waals surface area contributed by atoms with E-state index in [0.29, 0.717) is 17.5 Å². The van der Waals surface area contributed by atoms with Gasteiger partial charge in [-0.3, -0.25) is 19.7 Å². The van der Waals surface area contributed by atoms with Gasteiger partial charge in [-0.05, 0) is 72.2 Å². The summed E-state index contributed by atoms with van der Waals surface area (Å²) in [6.45, 7) is 8.30. The first-order valence-corrected chi connectivity index (χ1v) is 13.3. The van der Waals surface area contributed by atoms with E-state index in [2.05, 4.69) is 43.4 Å². The molecule has 1 aromatic heterocycles. The molecule has 0 unspecified atom stereocenters. The lowest BCUT2D eigenvalue weighted by molar-refractivity contribution is -0.384. The average molecular weight is 622 g/mol. The van der Waals surface area contributed by atoms with Crippen LogP contribution in [0.15, 0.2) is 47.6 Å². The van der Waals surface area contributed by atoms with E-state index >= 15 is 0 Å². The van der Waals surface area contributed by atoms with Crippen molar-refractivity contribution in [2.45, 2.75) is 45.4 Å². The summed E-state index contributed by atoms with van der Waals surface area (Å²) >= 11 is 3.49. The summed E-state index contributed by atoms with van der Waals surface area (Å²) in [6, 6.07) is 10.9. The predicted molar refractivity (Wildman–Crippen MR) is 147 cm³/mol. The van der Waals surface area contributed by atoms with Gasteiger partial charge in [-0.1, -0.05) is 31.7 Å². The van der Waals surface area contributed by atoms with Crippen molar-refractivity contribution in [2.75, 3.05) is 11.1 Å². The number of hydrogen-bond donors (Lipinski definition) is 2. The van der Waals surface area contributed by atoms with E-state index in [1.807, 2.05) is 50.5 Å². The number of nitro benzene ring substituents is 1. The number of nitro groups is 1. The lowest BCUT2D eigenvalue weighted by Crippen LogP contribution is -2.33. The standard InChI is InChI=1S/C24H27IN6O4S/c1-5-30-22(21(14(2)3)27-23(33)16-7-6-8-18(12-16)31(34)35)28-29-24(30)36-13-20(32)26-19-10-9-17(25)11-15(19)4/h6-12,14,21H,5,13H2,1-4H3,(H,26,32)(H,27,33)/t21-/m1/s1. The minimum atomic E-state index is -0.538. The monoisotopic (exact) mass is 622 g/mol. The lowest BCUT2D eigenvalue weighted by Gasteiger charge is -2.22. The fourth-order valence-corrected chi connectivity index (χ4v) is 4.99. The Morgan fingerprint density at radius 1 is 1.19 bits per heavy atom. The van der Waals surface area contributed by atoms with Crippen molar-refractivity contribution in [3.05, 3.63) is 73.1 Å². The molecule has 12 heteroatoms. The van der Waals surface area contributed by atoms with Crippen LogP contribution in [-0.2, 0) is 11.3 Å². The van der Waals surface area contributed by atoms with E-state index in [9.17, 15) is 19.7 Å². The van der Waals surface area contributed by atoms with Gasteiger partial charge in [0.05, 0.1) is 16.7 Å². The minimum Gasteiger partial charge on any atom is -0.342 e. The number of thioether (sulfide) groups is 1. The van der Waals surface area contributed by atoms with E-state index in [4.69, 9.17) is 0 Å². The van der Waals surface area contributed by atoms with Crippen LogP contribution in [0.2, 0.25) is 0 Å². The molecule has 3 aromatic rings. The van der Waals surface area contributed by atoms with Gasteiger partial charge in [-0.2, -0.15) is 0 Å². The number of non-ortho nitro benzene ring substituents is 1. The van der Waals surface area contributed by atoms with E-state index in [-0.39, 0.29) is 28.8 Å². The highest BCUT2D eigenvalue weighted by molar-refractivity contribution is 14.1. The van der Waals surface area contributed by atoms with Crippen LogP contribution >= 0.6 is 34.4 Å². The minimum absolute atomic E-state index is 0.0350. The third kappa shape index (κ3) is 6.81. The molecule has 36 heavy (non-hydrogen) atoms. The number of aryl methyl sites for hydroxylation is 1. The highest BCUT2D eigenvalue weighted by Gasteiger charge is 2.26. The molecule has 10 nitrogen and oxygen atoms in total. The molecule has 0 aliphatic heterocycles. The van der Waals surface area contributed by atoms with Crippen molar-refractivity contribution >= 4 is 57.5 Å². The van der Waals surface area contributed by atoms with Gasteiger partial charge in [0, 0.05) is 33.5 Å². The van der Waals surface area contributed by atoms with Crippen LogP contribution in [0.25, 0.3) is 0 Å². The third-order valence-electron chi connectivity index (χ3n) is 5.41. The molecule has 0 fully saturated rings. The number of aromatic nitrogens is 3. The number of nitrogens with one attached hydrogen (secondary N) is 2. The summed E-state index contributed by atoms with van der Waals surface area (Å²) in [5.41, 5.74) is 1.79. The van der Waals surface area contributed by atoms with Gasteiger partial charge in [0.1, 0.15) is 0 Å². The number of halogens is 1. The summed E-state index contributed by atoms with van der Waals surface area (Å²) < 4.78 is 2.96. The molecule has 0 saturated carbocycles. The molecule has 2 aromatic carbocycles. The molecular weight excluding hydrogens is 595 g/mol. The maximum atomic E-state index is 12.9. The summed E-state index contributed by atoms with van der Waals surface area (Å²) in [7, 11) is 0. The Hall–Kier alpha value is -3.00. The average Bonchev–Trinajstić information content (AvgIpc) is 3.25. The summed E-state index contributed by atoms with van der Waals surface area (Å²) in [6.07, 6.45) is 0. The SMILES string of the molecule is CCn1c(SCC(=O)Nc2ccc(I)cc2C)nnc1[C@H](NC(=O)c1cccc([N+](=O)[O-])c1)C(C)C. The second-order valence-corrected chi connectivity index (χ2v) is 10.6. The molecule has 0 radical (unpaired) electrons. The van der Waals surface area contributed by atoms with Crippen molar-refractivity contribution in [3.8, 4) is 0 Å². The van der Waals surface area contributed by atoms with Gasteiger partial charge in [-0.25, -0.2) is 0 Å². The van der Waals surface area contributed by atoms with Crippen molar-refractivity contribution in [3.63, 3.8) is 0 Å². The summed E-state index contributed by atoms with van der Waals surface area (Å²) in [5, 5.41) is 26.1. The number of rotatable bonds is 10. The van der Waals surface area contributed by atoms with Crippen LogP contribution in [0, 0.1) is 26.5 Å². The highest BCUT2D eigenvalue weighted by atomic mass is 127. The number of benzene rings is 2. The lowest BCUT2D eigenvalue weighted by atomic mass is 10.0. The zero-order valence-corrected chi connectivity index (χ0v) is 23.3. The Bertz CT molecular complexity index is 1280. The van der Waals surface area contributed by atoms with Gasteiger partial charge in [0.2, 0.25) is 5.91 Å². The Morgan fingerprint density at radius 3 is 2.58 bits per heavy atom. The molecule has 0 aliphatic carbocycles. The van der Waals surface area contributed by atoms with Crippen molar-refractivity contribution in [2.24, 2.45) is 5.92 Å². The largest absolute Gasteiger partial charge is 0.342 e. The number of amides is 2. The van der Waals surface area contributed by atoms with E-state index in [1.165, 1.54) is 36.0 Å². The smallest absolute Gasteiger partial charge is 0.270 e. The normalized spacial score (nSPS) is 11.8. The summed E-state index contributed by atoms with van der Waals surface area (Å²) in [5.74, 6) is 0.0749. The number of hydrogen-bond acceptors (Lipinski definition) is 7. The number of carbonyl (C=O) groups is 2. The highest BCUT2D eigenvalue weighted by Crippen LogP contribution is 2.26. The predicted octanol–water partition coefficient (Wildman–Crippen LogP) is 4.98. The molecule has 190 valence electrons. The van der Waals surface area contributed by atoms with Crippen LogP contribution in [0.1, 0.15) is 48.6 Å². The first-order chi connectivity index (χ1) is 17.1. The summed E-state index contributed by atoms with van der Waals surface area (Å²) in [4.78, 5) is 36.0. The molecule has 2 N–H and O–H groups in total. The molecule has 1 atom stereocenters. The van der Waals surface area contributed by atoms with E-state index in [1.54, 1.807) is 0 Å². The third-order valence-corrected chi connectivity index (χ3v) is 7.04. The van der Waals surface area contributed by atoms with E-state index in [0.717, 1.165) is 14.8 Å². The molecule has 0 bridgehead atoms. The van der Waals surface area contributed by atoms with Gasteiger partial charge >= 0.3 is 0 Å². The Labute approximate surface area is 226 Å². The van der Waals surface area contributed by atoms with Crippen LogP contribution < -0.4 is 10.6 Å². The first kappa shape index (κ1) is 27.6. The number of nitrogens with zero attached hydrogens (tertiary/aromatic N) is 4. The van der Waals surface area contributed by atoms with Gasteiger partial charge in [0.25, 0.3) is 11.6 Å². The van der Waals surface area contributed by atoms with Crippen LogP contribution in [0.3, 0.4) is 0 Å². The molecule has 0 spiro atoms. The molecular formula is C24H27IN6O4S. The maximum absolute atomic E-state index is 12.9. The molecule has 0 aliphatic rings. The van der Waals surface area contributed by atoms with Crippen LogP contribution in [-0.4, -0.2) is 37.3 Å². The number of anilines is 1. The molecule has 2 amide bonds. The second-order valence-electron chi connectivity index (χ2n) is 8.38. The van der Waals surface area contributed by atoms with Gasteiger partial charge in [0.15, 0.2) is 11.0 Å². The topological polar surface area (TPSA) is 132 Å². The fourth-order valence-electron chi connectivity index (χ4n) is 3.53. The van der Waals surface area contributed by atoms with Crippen molar-refractivity contribution < 1.29 is 14.5 Å². The van der Waals surface area contributed by atoms with Crippen LogP contribution in [0.4, 0.5) is 11.4 Å². The second kappa shape index (κ2) is 12.3. The molecule has 3 rings (SSSR count). The fraction of sp³-hybridized carbons (Fsp3) is 0.333. The zero-order chi connectivity index (χ0) is 26.4. The van der Waals surface area contributed by atoms with Gasteiger partial charge in [-0.15, -0.1) is 10.2 Å². The van der Waals surface area contributed by atoms with Gasteiger partial charge < -0.3 is 15.2 Å². The van der Waals surface area contributed by atoms with Crippen molar-refractivity contribution in [1.82, 2.24) is 20.1 Å². The van der Waals surface area contributed by atoms with Crippen LogP contribution in [0.5, 0.6) is 0 Å². The molecule has 1 heterocycles. The maximum Gasteiger partial charge on any atom is 0.270 e. The van der Waals surface area contributed by atoms with E-state index < -0.39 is 16.9 Å². The quantitative estimate of drug-likeness (QED) is 0.141.